The molecule has 0 bridgehead atoms. The predicted molar refractivity (Wildman–Crippen MR) is 197 cm³/mol. The Labute approximate surface area is 323 Å². The van der Waals surface area contributed by atoms with E-state index in [-0.39, 0.29) is 64.4 Å². The zero-order chi connectivity index (χ0) is 40.3. The van der Waals surface area contributed by atoms with Gasteiger partial charge in [-0.3, -0.25) is 19.2 Å². The highest BCUT2D eigenvalue weighted by Crippen LogP contribution is 2.23. The molecule has 20 heteroatoms. The van der Waals surface area contributed by atoms with Crippen molar-refractivity contribution in [3.05, 3.63) is 70.8 Å². The molecule has 3 saturated heterocycles. The molecule has 2 atom stereocenters. The van der Waals surface area contributed by atoms with Crippen LogP contribution in [-0.4, -0.2) is 156 Å². The number of benzene rings is 2. The van der Waals surface area contributed by atoms with Gasteiger partial charge in [-0.15, -0.1) is 0 Å². The second kappa shape index (κ2) is 19.0. The van der Waals surface area contributed by atoms with E-state index < -0.39 is 61.5 Å². The average molecular weight is 783 g/mol. The van der Waals surface area contributed by atoms with E-state index in [0.717, 1.165) is 22.3 Å². The summed E-state index contributed by atoms with van der Waals surface area (Å²) < 4.78 is 10.3. The molecule has 5 rings (SSSR count). The summed E-state index contributed by atoms with van der Waals surface area (Å²) in [6, 6.07) is 14.6. The standard InChI is InChI=1S/C36H50N10O10/c37-17-25-1-5-27(6-2-25)19-41-33(51)45-13-9-43(10-14-45)29(47)21-39-31(49)35(53)23-56-36(54,24-55-35)32(50)40-22-30(48)44-11-15-46(16-12-44)34(52)42-20-28-7-3-26(18-38)4-8-28/h1-8,53-54H,9-24,37-38H2,(H,39,49)(H,40,50)(H,41,51)(H,42,52). The molecule has 304 valence electrons. The van der Waals surface area contributed by atoms with Gasteiger partial charge < -0.3 is 72.0 Å². The number of urea groups is 2. The number of nitrogens with two attached hydrogens (primary N) is 2. The van der Waals surface area contributed by atoms with Crippen LogP contribution < -0.4 is 32.7 Å². The molecular weight excluding hydrogens is 732 g/mol. The molecule has 0 aliphatic carbocycles. The molecule has 2 unspecified atom stereocenters. The summed E-state index contributed by atoms with van der Waals surface area (Å²) in [5, 5.41) is 31.7. The molecule has 0 spiro atoms. The van der Waals surface area contributed by atoms with E-state index in [2.05, 4.69) is 21.3 Å². The van der Waals surface area contributed by atoms with Gasteiger partial charge in [-0.1, -0.05) is 48.5 Å². The zero-order valence-electron chi connectivity index (χ0n) is 31.0. The monoisotopic (exact) mass is 782 g/mol. The minimum Gasteiger partial charge on any atom is -0.356 e. The van der Waals surface area contributed by atoms with Crippen LogP contribution in [0.4, 0.5) is 9.59 Å². The maximum atomic E-state index is 12.8. The van der Waals surface area contributed by atoms with Crippen LogP contribution in [0, 0.1) is 0 Å². The molecule has 8 amide bonds. The van der Waals surface area contributed by atoms with Crippen LogP contribution in [0.1, 0.15) is 22.3 Å². The largest absolute Gasteiger partial charge is 0.356 e. The van der Waals surface area contributed by atoms with Crippen LogP contribution in [0.2, 0.25) is 0 Å². The molecule has 2 aromatic rings. The minimum absolute atomic E-state index is 0.224. The van der Waals surface area contributed by atoms with Crippen molar-refractivity contribution in [3.8, 4) is 0 Å². The Morgan fingerprint density at radius 3 is 1.12 bits per heavy atom. The van der Waals surface area contributed by atoms with Gasteiger partial charge in [0, 0.05) is 78.5 Å². The number of nitrogens with one attached hydrogen (secondary N) is 4. The Balaban J connectivity index is 0.956. The highest BCUT2D eigenvalue weighted by atomic mass is 16.7. The van der Waals surface area contributed by atoms with Crippen molar-refractivity contribution >= 4 is 35.7 Å². The van der Waals surface area contributed by atoms with Gasteiger partial charge in [0.15, 0.2) is 0 Å². The average Bonchev–Trinajstić information content (AvgIpc) is 3.24. The fraction of sp³-hybridized carbons (Fsp3) is 0.500. The lowest BCUT2D eigenvalue weighted by Gasteiger charge is -2.39. The van der Waals surface area contributed by atoms with E-state index in [1.54, 1.807) is 9.80 Å². The molecule has 10 N–H and O–H groups in total. The number of nitrogens with zero attached hydrogens (tertiary/aromatic N) is 4. The summed E-state index contributed by atoms with van der Waals surface area (Å²) >= 11 is 0. The Bertz CT molecular complexity index is 1580. The fourth-order valence-electron chi connectivity index (χ4n) is 6.07. The van der Waals surface area contributed by atoms with Gasteiger partial charge in [0.05, 0.1) is 13.1 Å². The molecule has 3 fully saturated rings. The molecule has 0 radical (unpaired) electrons. The van der Waals surface area contributed by atoms with Gasteiger partial charge in [-0.05, 0) is 22.3 Å². The Morgan fingerprint density at radius 1 is 0.518 bits per heavy atom. The SMILES string of the molecule is NCc1ccc(CNC(=O)N2CCN(C(=O)CNC(=O)C3(O)COC(O)(C(=O)NCC(=O)N4CCN(C(=O)NCc5ccc(CN)cc5)CC4)CO3)CC2)cc1. The van der Waals surface area contributed by atoms with Crippen LogP contribution in [0.3, 0.4) is 0 Å². The first-order valence-electron chi connectivity index (χ1n) is 18.3. The van der Waals surface area contributed by atoms with E-state index >= 15 is 0 Å². The Kier molecular flexibility index (Phi) is 14.2. The van der Waals surface area contributed by atoms with Crippen molar-refractivity contribution in [3.63, 3.8) is 0 Å². The maximum absolute atomic E-state index is 12.8. The molecule has 3 heterocycles. The van der Waals surface area contributed by atoms with Gasteiger partial charge in [-0.25, -0.2) is 9.59 Å². The molecule has 20 nitrogen and oxygen atoms in total. The van der Waals surface area contributed by atoms with E-state index in [4.69, 9.17) is 20.9 Å². The quantitative estimate of drug-likeness (QED) is 0.105. The van der Waals surface area contributed by atoms with E-state index in [0.29, 0.717) is 26.2 Å². The molecule has 2 aromatic carbocycles. The van der Waals surface area contributed by atoms with Crippen LogP contribution >= 0.6 is 0 Å². The van der Waals surface area contributed by atoms with Gasteiger partial charge in [-0.2, -0.15) is 0 Å². The topological polar surface area (TPSA) is 274 Å². The number of amides is 8. The lowest BCUT2D eigenvalue weighted by Crippen LogP contribution is -2.65. The third kappa shape index (κ3) is 10.9. The number of ether oxygens (including phenoxy) is 2. The number of rotatable bonds is 12. The molecule has 0 saturated carbocycles. The van der Waals surface area contributed by atoms with E-state index in [1.165, 1.54) is 9.80 Å². The fourth-order valence-corrected chi connectivity index (χ4v) is 6.07. The minimum atomic E-state index is -2.62. The first-order valence-corrected chi connectivity index (χ1v) is 18.3. The van der Waals surface area contributed by atoms with E-state index in [1.807, 2.05) is 48.5 Å². The maximum Gasteiger partial charge on any atom is 0.317 e. The van der Waals surface area contributed by atoms with Crippen molar-refractivity contribution in [1.82, 2.24) is 40.9 Å². The number of hydrogen-bond donors (Lipinski definition) is 8. The highest BCUT2D eigenvalue weighted by molar-refractivity contribution is 5.90. The van der Waals surface area contributed by atoms with Gasteiger partial charge in [0.1, 0.15) is 13.2 Å². The summed E-state index contributed by atoms with van der Waals surface area (Å²) in [4.78, 5) is 82.4. The van der Waals surface area contributed by atoms with Crippen LogP contribution in [-0.2, 0) is 54.8 Å². The number of carbonyl (C=O) groups is 6. The van der Waals surface area contributed by atoms with Gasteiger partial charge >= 0.3 is 12.1 Å². The van der Waals surface area contributed by atoms with Crippen molar-refractivity contribution in [1.29, 1.82) is 0 Å². The molecular formula is C36H50N10O10. The number of aliphatic hydroxyl groups is 2. The number of carbonyl (C=O) groups excluding carboxylic acids is 6. The first kappa shape index (κ1) is 41.8. The normalized spacial score (nSPS) is 21.2. The van der Waals surface area contributed by atoms with Crippen molar-refractivity contribution in [2.24, 2.45) is 11.5 Å². The third-order valence-corrected chi connectivity index (χ3v) is 9.77. The molecule has 0 aromatic heterocycles. The van der Waals surface area contributed by atoms with Crippen LogP contribution in [0.5, 0.6) is 0 Å². The summed E-state index contributed by atoms with van der Waals surface area (Å²) in [5.74, 6) is -8.43. The van der Waals surface area contributed by atoms with Gasteiger partial charge in [0.2, 0.25) is 11.8 Å². The lowest BCUT2D eigenvalue weighted by molar-refractivity contribution is -0.338. The molecule has 3 aliphatic heterocycles. The van der Waals surface area contributed by atoms with Crippen LogP contribution in [0.25, 0.3) is 0 Å². The third-order valence-electron chi connectivity index (χ3n) is 9.77. The summed E-state index contributed by atoms with van der Waals surface area (Å²) in [6.45, 7) is 0.597. The first-order chi connectivity index (χ1) is 26.8. The smallest absolute Gasteiger partial charge is 0.317 e. The van der Waals surface area contributed by atoms with Gasteiger partial charge in [0.25, 0.3) is 23.4 Å². The zero-order valence-corrected chi connectivity index (χ0v) is 31.0. The Hall–Kier alpha value is -5.38. The second-order valence-corrected chi connectivity index (χ2v) is 13.6. The number of hydrogen-bond acceptors (Lipinski definition) is 12. The summed E-state index contributed by atoms with van der Waals surface area (Å²) in [6.07, 6.45) is 0. The van der Waals surface area contributed by atoms with E-state index in [9.17, 15) is 39.0 Å². The highest BCUT2D eigenvalue weighted by Gasteiger charge is 2.51. The summed E-state index contributed by atoms with van der Waals surface area (Å²) in [5.41, 5.74) is 15.0. The molecule has 3 aliphatic rings. The Morgan fingerprint density at radius 2 is 0.821 bits per heavy atom. The molecule has 56 heavy (non-hydrogen) atoms. The number of piperazine rings is 2. The van der Waals surface area contributed by atoms with Crippen molar-refractivity contribution < 1.29 is 48.5 Å². The summed E-state index contributed by atoms with van der Waals surface area (Å²) in [7, 11) is 0. The van der Waals surface area contributed by atoms with Crippen molar-refractivity contribution in [2.75, 3.05) is 78.7 Å². The second-order valence-electron chi connectivity index (χ2n) is 13.6. The lowest BCUT2D eigenvalue weighted by atomic mass is 10.1. The van der Waals surface area contributed by atoms with Crippen LogP contribution in [0.15, 0.2) is 48.5 Å². The predicted octanol–water partition coefficient (Wildman–Crippen LogP) is -3.33. The van der Waals surface area contributed by atoms with Crippen molar-refractivity contribution in [2.45, 2.75) is 37.8 Å².